The van der Waals surface area contributed by atoms with Gasteiger partial charge in [-0.3, -0.25) is 10.7 Å². The molecule has 32 heavy (non-hydrogen) atoms. The van der Waals surface area contributed by atoms with Crippen LogP contribution in [0.15, 0.2) is 79.3 Å². The van der Waals surface area contributed by atoms with E-state index < -0.39 is 0 Å². The molecule has 0 aliphatic carbocycles. The van der Waals surface area contributed by atoms with Crippen molar-refractivity contribution in [2.24, 2.45) is 0 Å². The van der Waals surface area contributed by atoms with Gasteiger partial charge >= 0.3 is 0 Å². The number of nitrogens with one attached hydrogen (secondary N) is 1. The third-order valence-corrected chi connectivity index (χ3v) is 5.23. The van der Waals surface area contributed by atoms with E-state index in [1.54, 1.807) is 6.20 Å². The number of hydrogen-bond donors (Lipinski definition) is 2. The Labute approximate surface area is 196 Å². The van der Waals surface area contributed by atoms with Crippen molar-refractivity contribution in [2.45, 2.75) is 46.0 Å². The van der Waals surface area contributed by atoms with E-state index in [1.165, 1.54) is 0 Å². The summed E-state index contributed by atoms with van der Waals surface area (Å²) in [5.41, 5.74) is 4.79. The number of rotatable bonds is 11. The maximum absolute atomic E-state index is 8.81. The first-order chi connectivity index (χ1) is 15.7. The molecule has 6 heteroatoms. The molecule has 0 bridgehead atoms. The lowest BCUT2D eigenvalue weighted by atomic mass is 10.1. The Kier molecular flexibility index (Phi) is 11.3. The summed E-state index contributed by atoms with van der Waals surface area (Å²) in [6.07, 6.45) is 8.55. The molecule has 0 amide bonds. The van der Waals surface area contributed by atoms with E-state index in [-0.39, 0.29) is 0 Å². The maximum atomic E-state index is 8.81. The Balaban J connectivity index is 0.00000176. The molecule has 0 aliphatic heterocycles. The zero-order valence-electron chi connectivity index (χ0n) is 19.0. The van der Waals surface area contributed by atoms with Crippen LogP contribution in [0, 0.1) is 0 Å². The largest absolute Gasteiger partial charge is 0.311 e. The van der Waals surface area contributed by atoms with Crippen molar-refractivity contribution in [3.63, 3.8) is 0 Å². The molecule has 3 rings (SSSR count). The van der Waals surface area contributed by atoms with Gasteiger partial charge in [0.25, 0.3) is 0 Å². The summed E-state index contributed by atoms with van der Waals surface area (Å²) in [7, 11) is 0. The molecule has 0 spiro atoms. The van der Waals surface area contributed by atoms with Gasteiger partial charge in [0.05, 0.1) is 0 Å². The molecule has 1 aromatic carbocycles. The van der Waals surface area contributed by atoms with Crippen molar-refractivity contribution in [1.29, 1.82) is 0 Å². The average Bonchev–Trinajstić information content (AvgIpc) is 2.85. The summed E-state index contributed by atoms with van der Waals surface area (Å²) < 4.78 is 0. The molecule has 0 unspecified atom stereocenters. The average molecular weight is 453 g/mol. The second kappa shape index (κ2) is 14.2. The van der Waals surface area contributed by atoms with Crippen LogP contribution in [-0.4, -0.2) is 21.7 Å². The van der Waals surface area contributed by atoms with E-state index in [0.717, 1.165) is 66.4 Å². The maximum Gasteiger partial charge on any atom is 0.134 e. The highest BCUT2D eigenvalue weighted by Crippen LogP contribution is 2.31. The fourth-order valence-corrected chi connectivity index (χ4v) is 3.55. The van der Waals surface area contributed by atoms with E-state index in [4.69, 9.17) is 16.8 Å². The number of nitrogens with zero attached hydrogens (tertiary/aromatic N) is 3. The quantitative estimate of drug-likeness (QED) is 0.234. The summed E-state index contributed by atoms with van der Waals surface area (Å²) in [5.74, 6) is 1.73. The van der Waals surface area contributed by atoms with Crippen LogP contribution in [0.2, 0.25) is 5.02 Å². The summed E-state index contributed by atoms with van der Waals surface area (Å²) in [6.45, 7) is 8.56. The molecule has 0 saturated carbocycles. The van der Waals surface area contributed by atoms with Crippen LogP contribution in [0.25, 0.3) is 11.1 Å². The van der Waals surface area contributed by atoms with Crippen molar-refractivity contribution in [3.05, 3.63) is 84.3 Å². The smallest absolute Gasteiger partial charge is 0.134 e. The van der Waals surface area contributed by atoms with Gasteiger partial charge < -0.3 is 4.90 Å². The Hall–Kier alpha value is -2.89. The topological polar surface area (TPSA) is 61.3 Å². The molecule has 3 aromatic rings. The molecule has 2 heterocycles. The molecular formula is C26H33ClN4O. The lowest BCUT2D eigenvalue weighted by Crippen LogP contribution is -2.20. The van der Waals surface area contributed by atoms with Crippen LogP contribution in [0.5, 0.6) is 0 Å². The predicted molar refractivity (Wildman–Crippen MR) is 134 cm³/mol. The van der Waals surface area contributed by atoms with Crippen LogP contribution in [0.1, 0.15) is 46.0 Å². The first kappa shape index (κ1) is 25.4. The number of pyridine rings is 2. The number of hydrogen-bond acceptors (Lipinski definition) is 5. The molecule has 2 aromatic heterocycles. The SMILES string of the molecule is C=C(CCCCCCN(c1ccccn1)c1cc(-c2ccccc2Cl)ccn1)NO.CC. The molecule has 5 nitrogen and oxygen atoms in total. The van der Waals surface area contributed by atoms with E-state index >= 15 is 0 Å². The van der Waals surface area contributed by atoms with Gasteiger partial charge in [-0.2, -0.15) is 0 Å². The summed E-state index contributed by atoms with van der Waals surface area (Å²) in [4.78, 5) is 11.3. The van der Waals surface area contributed by atoms with Crippen LogP contribution >= 0.6 is 11.6 Å². The number of hydroxylamine groups is 1. The van der Waals surface area contributed by atoms with Gasteiger partial charge in [0, 0.05) is 35.2 Å². The molecule has 0 aliphatic rings. The van der Waals surface area contributed by atoms with E-state index in [9.17, 15) is 0 Å². The highest BCUT2D eigenvalue weighted by molar-refractivity contribution is 6.33. The highest BCUT2D eigenvalue weighted by Gasteiger charge is 2.13. The van der Waals surface area contributed by atoms with Gasteiger partial charge in [0.1, 0.15) is 11.6 Å². The van der Waals surface area contributed by atoms with Gasteiger partial charge in [-0.15, -0.1) is 0 Å². The molecule has 170 valence electrons. The second-order valence-corrected chi connectivity index (χ2v) is 7.51. The fraction of sp³-hybridized carbons (Fsp3) is 0.308. The Morgan fingerprint density at radius 1 is 0.938 bits per heavy atom. The van der Waals surface area contributed by atoms with Crippen LogP contribution in [-0.2, 0) is 0 Å². The van der Waals surface area contributed by atoms with Crippen molar-refractivity contribution < 1.29 is 5.21 Å². The third kappa shape index (κ3) is 7.66. The lowest BCUT2D eigenvalue weighted by Gasteiger charge is -2.23. The fourth-order valence-electron chi connectivity index (χ4n) is 3.31. The summed E-state index contributed by atoms with van der Waals surface area (Å²) in [6, 6.07) is 17.8. The third-order valence-electron chi connectivity index (χ3n) is 4.90. The van der Waals surface area contributed by atoms with Gasteiger partial charge in [-0.1, -0.05) is 69.1 Å². The van der Waals surface area contributed by atoms with Crippen molar-refractivity contribution >= 4 is 23.2 Å². The Morgan fingerprint density at radius 3 is 2.38 bits per heavy atom. The number of allylic oxidation sites excluding steroid dienone is 1. The zero-order chi connectivity index (χ0) is 23.2. The standard InChI is InChI=1S/C24H27ClN4O.C2H6/c1-19(28-30)10-4-2-3-9-17-29(23-13-7-8-15-26-23)24-18-20(14-16-27-24)21-11-5-6-12-22(21)25;1-2/h5-8,11-16,18,28,30H,1-4,9-10,17H2;1-2H3. The monoisotopic (exact) mass is 452 g/mol. The van der Waals surface area contributed by atoms with Gasteiger partial charge in [0.2, 0.25) is 0 Å². The number of aromatic nitrogens is 2. The number of halogens is 1. The van der Waals surface area contributed by atoms with E-state index in [1.807, 2.05) is 68.6 Å². The number of anilines is 2. The Morgan fingerprint density at radius 2 is 1.66 bits per heavy atom. The van der Waals surface area contributed by atoms with Crippen molar-refractivity contribution in [1.82, 2.24) is 15.4 Å². The van der Waals surface area contributed by atoms with Gasteiger partial charge in [-0.05, 0) is 55.2 Å². The first-order valence-electron chi connectivity index (χ1n) is 11.2. The number of unbranched alkanes of at least 4 members (excludes halogenated alkanes) is 3. The summed E-state index contributed by atoms with van der Waals surface area (Å²) in [5, 5.41) is 9.53. The lowest BCUT2D eigenvalue weighted by molar-refractivity contribution is 0.196. The van der Waals surface area contributed by atoms with Crippen LogP contribution in [0.3, 0.4) is 0 Å². The predicted octanol–water partition coefficient (Wildman–Crippen LogP) is 7.40. The summed E-state index contributed by atoms with van der Waals surface area (Å²) >= 11 is 6.40. The van der Waals surface area contributed by atoms with Crippen molar-refractivity contribution in [3.8, 4) is 11.1 Å². The molecule has 0 atom stereocenters. The Bertz CT molecular complexity index is 949. The molecule has 0 fully saturated rings. The molecule has 2 N–H and O–H groups in total. The minimum atomic E-state index is 0.658. The van der Waals surface area contributed by atoms with Gasteiger partial charge in [0.15, 0.2) is 0 Å². The molecule has 0 radical (unpaired) electrons. The normalized spacial score (nSPS) is 10.1. The van der Waals surface area contributed by atoms with E-state index in [0.29, 0.717) is 5.70 Å². The minimum Gasteiger partial charge on any atom is -0.311 e. The van der Waals surface area contributed by atoms with Crippen molar-refractivity contribution in [2.75, 3.05) is 11.4 Å². The van der Waals surface area contributed by atoms with Crippen LogP contribution < -0.4 is 10.4 Å². The number of benzene rings is 1. The molecule has 0 saturated heterocycles. The zero-order valence-corrected chi connectivity index (χ0v) is 19.7. The minimum absolute atomic E-state index is 0.658. The molecular weight excluding hydrogens is 420 g/mol. The highest BCUT2D eigenvalue weighted by atomic mass is 35.5. The van der Waals surface area contributed by atoms with Gasteiger partial charge in [-0.25, -0.2) is 9.97 Å². The second-order valence-electron chi connectivity index (χ2n) is 7.10. The first-order valence-corrected chi connectivity index (χ1v) is 11.5. The van der Waals surface area contributed by atoms with E-state index in [2.05, 4.69) is 33.0 Å². The van der Waals surface area contributed by atoms with Crippen LogP contribution in [0.4, 0.5) is 11.6 Å².